The molecule has 7 nitrogen and oxygen atoms in total. The number of piperazine rings is 1. The topological polar surface area (TPSA) is 78.4 Å². The van der Waals surface area contributed by atoms with Crippen LogP contribution in [0.2, 0.25) is 10.0 Å². The molecular weight excluding hydrogens is 365 g/mol. The highest BCUT2D eigenvalue weighted by atomic mass is 35.5. The van der Waals surface area contributed by atoms with E-state index < -0.39 is 0 Å². The second kappa shape index (κ2) is 7.67. The zero-order valence-electron chi connectivity index (χ0n) is 13.2. The first kappa shape index (κ1) is 17.4. The molecule has 1 aliphatic heterocycles. The molecule has 3 rings (SSSR count). The van der Waals surface area contributed by atoms with Crippen molar-refractivity contribution in [2.24, 2.45) is 0 Å². The average molecular weight is 380 g/mol. The second-order valence-corrected chi connectivity index (χ2v) is 6.39. The molecule has 130 valence electrons. The van der Waals surface area contributed by atoms with Crippen molar-refractivity contribution in [2.75, 3.05) is 31.5 Å². The van der Waals surface area contributed by atoms with Gasteiger partial charge in [0.2, 0.25) is 6.41 Å². The summed E-state index contributed by atoms with van der Waals surface area (Å²) < 4.78 is 0. The lowest BCUT2D eigenvalue weighted by Gasteiger charge is -2.32. The highest BCUT2D eigenvalue weighted by Gasteiger charge is 2.22. The summed E-state index contributed by atoms with van der Waals surface area (Å²) in [5.74, 6) is 0.274. The molecule has 2 heterocycles. The fraction of sp³-hybridized carbons (Fsp3) is 0.250. The zero-order valence-corrected chi connectivity index (χ0v) is 14.7. The minimum atomic E-state index is -0.199. The van der Waals surface area contributed by atoms with Crippen LogP contribution in [-0.4, -0.2) is 58.5 Å². The highest BCUT2D eigenvalue weighted by Crippen LogP contribution is 2.24. The SMILES string of the molecule is O=CN1CCN(C(=O)c2ccc(Nc3cc(Cl)cc(Cl)c3)nn2)CC1. The number of nitrogens with one attached hydrogen (secondary N) is 1. The Kier molecular flexibility index (Phi) is 5.35. The molecule has 1 fully saturated rings. The summed E-state index contributed by atoms with van der Waals surface area (Å²) in [6.45, 7) is 2.02. The van der Waals surface area contributed by atoms with Crippen LogP contribution in [0.25, 0.3) is 0 Å². The van der Waals surface area contributed by atoms with Gasteiger partial charge in [-0.3, -0.25) is 9.59 Å². The first-order chi connectivity index (χ1) is 12.0. The van der Waals surface area contributed by atoms with Gasteiger partial charge >= 0.3 is 0 Å². The molecule has 1 N–H and O–H groups in total. The molecule has 0 unspecified atom stereocenters. The second-order valence-electron chi connectivity index (χ2n) is 5.52. The average Bonchev–Trinajstić information content (AvgIpc) is 2.61. The number of carbonyl (C=O) groups is 2. The molecule has 2 amide bonds. The van der Waals surface area contributed by atoms with Gasteiger partial charge in [-0.25, -0.2) is 0 Å². The van der Waals surface area contributed by atoms with Gasteiger partial charge in [0.05, 0.1) is 0 Å². The summed E-state index contributed by atoms with van der Waals surface area (Å²) in [6, 6.07) is 8.32. The van der Waals surface area contributed by atoms with Crippen LogP contribution >= 0.6 is 23.2 Å². The van der Waals surface area contributed by atoms with Gasteiger partial charge in [0.25, 0.3) is 5.91 Å². The van der Waals surface area contributed by atoms with Gasteiger partial charge in [-0.05, 0) is 30.3 Å². The monoisotopic (exact) mass is 379 g/mol. The Morgan fingerprint density at radius 1 is 1.04 bits per heavy atom. The molecule has 2 aromatic rings. The van der Waals surface area contributed by atoms with Gasteiger partial charge in [0.15, 0.2) is 11.5 Å². The lowest BCUT2D eigenvalue weighted by Crippen LogP contribution is -2.48. The summed E-state index contributed by atoms with van der Waals surface area (Å²) in [5.41, 5.74) is 0.935. The molecule has 1 saturated heterocycles. The lowest BCUT2D eigenvalue weighted by molar-refractivity contribution is -0.119. The quantitative estimate of drug-likeness (QED) is 0.825. The standard InChI is InChI=1S/C16H15Cl2N5O2/c17-11-7-12(18)9-13(8-11)19-15-2-1-14(20-21-15)16(25)23-5-3-22(10-24)4-6-23/h1-2,7-10H,3-6H2,(H,19,21). The Morgan fingerprint density at radius 2 is 1.72 bits per heavy atom. The van der Waals surface area contributed by atoms with E-state index in [0.717, 1.165) is 6.41 Å². The van der Waals surface area contributed by atoms with Crippen molar-refractivity contribution in [1.29, 1.82) is 0 Å². The zero-order chi connectivity index (χ0) is 17.8. The first-order valence-electron chi connectivity index (χ1n) is 7.60. The maximum Gasteiger partial charge on any atom is 0.274 e. The molecule has 1 aromatic heterocycles. The van der Waals surface area contributed by atoms with E-state index >= 15 is 0 Å². The fourth-order valence-electron chi connectivity index (χ4n) is 2.48. The summed E-state index contributed by atoms with van der Waals surface area (Å²) >= 11 is 11.9. The molecule has 0 saturated carbocycles. The van der Waals surface area contributed by atoms with Crippen LogP contribution in [0.1, 0.15) is 10.5 Å². The molecule has 1 aromatic carbocycles. The van der Waals surface area contributed by atoms with Crippen molar-refractivity contribution in [2.45, 2.75) is 0 Å². The number of hydrogen-bond acceptors (Lipinski definition) is 5. The van der Waals surface area contributed by atoms with Gasteiger partial charge in [-0.1, -0.05) is 23.2 Å². The number of carbonyl (C=O) groups excluding carboxylic acids is 2. The van der Waals surface area contributed by atoms with Crippen LogP contribution in [0.3, 0.4) is 0 Å². The van der Waals surface area contributed by atoms with Crippen LogP contribution in [0.5, 0.6) is 0 Å². The minimum Gasteiger partial charge on any atom is -0.342 e. The van der Waals surface area contributed by atoms with Gasteiger partial charge in [-0.2, -0.15) is 0 Å². The van der Waals surface area contributed by atoms with Gasteiger partial charge in [0, 0.05) is 41.9 Å². The van der Waals surface area contributed by atoms with E-state index in [1.807, 2.05) is 0 Å². The van der Waals surface area contributed by atoms with E-state index in [4.69, 9.17) is 23.2 Å². The van der Waals surface area contributed by atoms with Gasteiger partial charge in [0.1, 0.15) is 0 Å². The molecule has 0 atom stereocenters. The predicted molar refractivity (Wildman–Crippen MR) is 95.3 cm³/mol. The highest BCUT2D eigenvalue weighted by molar-refractivity contribution is 6.35. The van der Waals surface area contributed by atoms with E-state index in [1.54, 1.807) is 40.1 Å². The largest absolute Gasteiger partial charge is 0.342 e. The summed E-state index contributed by atoms with van der Waals surface area (Å²) in [6.07, 6.45) is 0.796. The van der Waals surface area contributed by atoms with Crippen LogP contribution in [0.15, 0.2) is 30.3 Å². The minimum absolute atomic E-state index is 0.199. The molecule has 25 heavy (non-hydrogen) atoms. The van der Waals surface area contributed by atoms with Crippen molar-refractivity contribution in [3.63, 3.8) is 0 Å². The van der Waals surface area contributed by atoms with Gasteiger partial charge in [-0.15, -0.1) is 10.2 Å². The van der Waals surface area contributed by atoms with Crippen molar-refractivity contribution in [3.05, 3.63) is 46.1 Å². The summed E-state index contributed by atoms with van der Waals surface area (Å²) in [7, 11) is 0. The molecule has 0 spiro atoms. The maximum absolute atomic E-state index is 12.4. The Morgan fingerprint density at radius 3 is 2.28 bits per heavy atom. The predicted octanol–water partition coefficient (Wildman–Crippen LogP) is 2.44. The van der Waals surface area contributed by atoms with Crippen LogP contribution in [0.4, 0.5) is 11.5 Å². The molecule has 0 aliphatic carbocycles. The van der Waals surface area contributed by atoms with E-state index in [1.165, 1.54) is 0 Å². The van der Waals surface area contributed by atoms with Crippen LogP contribution in [-0.2, 0) is 4.79 Å². The lowest BCUT2D eigenvalue weighted by atomic mass is 10.2. The van der Waals surface area contributed by atoms with E-state index in [2.05, 4.69) is 15.5 Å². The van der Waals surface area contributed by atoms with Gasteiger partial charge < -0.3 is 15.1 Å². The van der Waals surface area contributed by atoms with E-state index in [0.29, 0.717) is 47.7 Å². The molecule has 0 radical (unpaired) electrons. The number of amides is 2. The molecule has 0 bridgehead atoms. The third kappa shape index (κ3) is 4.37. The molecule has 9 heteroatoms. The van der Waals surface area contributed by atoms with E-state index in [9.17, 15) is 9.59 Å². The third-order valence-electron chi connectivity index (χ3n) is 3.77. The Labute approximate surface area is 154 Å². The van der Waals surface area contributed by atoms with Crippen LogP contribution in [0, 0.1) is 0 Å². The number of aromatic nitrogens is 2. The Bertz CT molecular complexity index is 756. The molecular formula is C16H15Cl2N5O2. The number of halogens is 2. The smallest absolute Gasteiger partial charge is 0.274 e. The summed E-state index contributed by atoms with van der Waals surface area (Å²) in [5, 5.41) is 12.0. The van der Waals surface area contributed by atoms with Crippen LogP contribution < -0.4 is 5.32 Å². The number of anilines is 2. The Hall–Kier alpha value is -2.38. The third-order valence-corrected chi connectivity index (χ3v) is 4.21. The fourth-order valence-corrected chi connectivity index (χ4v) is 3.01. The van der Waals surface area contributed by atoms with Crippen molar-refractivity contribution in [1.82, 2.24) is 20.0 Å². The van der Waals surface area contributed by atoms with Crippen molar-refractivity contribution >= 4 is 47.0 Å². The van der Waals surface area contributed by atoms with Crippen molar-refractivity contribution in [3.8, 4) is 0 Å². The first-order valence-corrected chi connectivity index (χ1v) is 8.36. The number of nitrogens with zero attached hydrogens (tertiary/aromatic N) is 4. The number of hydrogen-bond donors (Lipinski definition) is 1. The number of rotatable bonds is 4. The summed E-state index contributed by atoms with van der Waals surface area (Å²) in [4.78, 5) is 26.4. The maximum atomic E-state index is 12.4. The Balaban J connectivity index is 1.65. The van der Waals surface area contributed by atoms with Crippen molar-refractivity contribution < 1.29 is 9.59 Å². The van der Waals surface area contributed by atoms with E-state index in [-0.39, 0.29) is 11.6 Å². The normalized spacial score (nSPS) is 14.3. The number of benzene rings is 1. The molecule has 1 aliphatic rings.